The summed E-state index contributed by atoms with van der Waals surface area (Å²) in [6, 6.07) is 12.1. The van der Waals surface area contributed by atoms with Crippen molar-refractivity contribution in [3.63, 3.8) is 0 Å². The molecule has 92 valence electrons. The minimum Gasteiger partial charge on any atom is -1.00 e. The van der Waals surface area contributed by atoms with Crippen LogP contribution in [-0.4, -0.2) is 36.2 Å². The number of hydrogen-bond donors (Lipinski definition) is 0. The molecule has 0 bridgehead atoms. The van der Waals surface area contributed by atoms with Crippen molar-refractivity contribution in [2.24, 2.45) is 0 Å². The van der Waals surface area contributed by atoms with Crippen LogP contribution in [-0.2, 0) is 0 Å². The Morgan fingerprint density at radius 3 is 1.39 bits per heavy atom. The Labute approximate surface area is 176 Å². The first kappa shape index (κ1) is 21.4. The fourth-order valence-corrected chi connectivity index (χ4v) is 1.68. The molecule has 0 saturated carbocycles. The smallest absolute Gasteiger partial charge is 1.00 e. The molecule has 2 radical (unpaired) electrons. The van der Waals surface area contributed by atoms with Gasteiger partial charge in [0.15, 0.2) is 0 Å². The summed E-state index contributed by atoms with van der Waals surface area (Å²) in [5, 5.41) is 2.28. The van der Waals surface area contributed by atoms with Crippen LogP contribution in [0.25, 0.3) is 21.8 Å². The maximum absolute atomic E-state index is 4.35. The summed E-state index contributed by atoms with van der Waals surface area (Å²) in [5.41, 5.74) is 1.95. The van der Waals surface area contributed by atoms with Crippen LogP contribution in [0.1, 0.15) is 0 Å². The molecule has 3 aromatic rings. The van der Waals surface area contributed by atoms with Crippen molar-refractivity contribution >= 4 is 48.0 Å². The normalized spacial score (nSPS) is 8.44. The van der Waals surface area contributed by atoms with Crippen molar-refractivity contribution in [3.05, 3.63) is 48.8 Å². The van der Waals surface area contributed by atoms with Gasteiger partial charge in [0.1, 0.15) is 0 Å². The Bertz CT molecular complexity index is 564. The minimum atomic E-state index is 0. The molecule has 6 heteroatoms. The fraction of sp³-hybridized carbons (Fsp3) is 0. The van der Waals surface area contributed by atoms with Gasteiger partial charge in [-0.15, -0.1) is 0 Å². The molecule has 0 aliphatic carbocycles. The zero-order valence-electron chi connectivity index (χ0n) is 9.09. The molecule has 1 aromatic carbocycles. The average Bonchev–Trinajstić information content (AvgIpc) is 2.29. The van der Waals surface area contributed by atoms with Gasteiger partial charge in [0.2, 0.25) is 0 Å². The van der Waals surface area contributed by atoms with E-state index in [1.54, 1.807) is 12.4 Å². The Kier molecular flexibility index (Phi) is 11.8. The summed E-state index contributed by atoms with van der Waals surface area (Å²) in [6.07, 6.45) is 3.60. The molecule has 2 heterocycles. The van der Waals surface area contributed by atoms with E-state index < -0.39 is 0 Å². The van der Waals surface area contributed by atoms with Gasteiger partial charge >= 0.3 is 26.2 Å². The number of hydrogen-bond acceptors (Lipinski definition) is 2. The van der Waals surface area contributed by atoms with Crippen LogP contribution in [0.15, 0.2) is 48.8 Å². The molecule has 0 spiro atoms. The summed E-state index contributed by atoms with van der Waals surface area (Å²) in [7, 11) is 0. The number of nitrogens with zero attached hydrogens (tertiary/aromatic N) is 2. The summed E-state index contributed by atoms with van der Waals surface area (Å²) < 4.78 is 0. The van der Waals surface area contributed by atoms with Gasteiger partial charge < -0.3 is 71.9 Å². The molecule has 2 aromatic heterocycles. The topological polar surface area (TPSA) is 25.8 Å². The van der Waals surface area contributed by atoms with Crippen LogP contribution in [0, 0.1) is 0 Å². The zero-order valence-corrected chi connectivity index (χ0v) is 19.0. The minimum absolute atomic E-state index is 0. The Hall–Kier alpha value is 1.11. The first-order valence-corrected chi connectivity index (χ1v) is 4.53. The number of aromatic nitrogens is 2. The largest absolute Gasteiger partial charge is 3.00 e. The van der Waals surface area contributed by atoms with Crippen molar-refractivity contribution in [3.8, 4) is 0 Å². The maximum Gasteiger partial charge on any atom is 3.00 e. The van der Waals surface area contributed by atoms with Gasteiger partial charge in [-0.05, 0) is 12.1 Å². The molecular formula is C12H8BiI3N2. The Morgan fingerprint density at radius 2 is 1.00 bits per heavy atom. The van der Waals surface area contributed by atoms with E-state index in [1.165, 1.54) is 0 Å². The van der Waals surface area contributed by atoms with Gasteiger partial charge in [-0.1, -0.05) is 24.3 Å². The van der Waals surface area contributed by atoms with E-state index in [-0.39, 0.29) is 98.1 Å². The van der Waals surface area contributed by atoms with Crippen LogP contribution < -0.4 is 71.9 Å². The van der Waals surface area contributed by atoms with E-state index in [2.05, 4.69) is 34.2 Å². The van der Waals surface area contributed by atoms with Crippen molar-refractivity contribution in [2.75, 3.05) is 0 Å². The van der Waals surface area contributed by atoms with Crippen molar-refractivity contribution in [1.82, 2.24) is 9.97 Å². The Morgan fingerprint density at radius 1 is 0.611 bits per heavy atom. The number of benzene rings is 1. The molecule has 18 heavy (non-hydrogen) atoms. The molecule has 0 amide bonds. The van der Waals surface area contributed by atoms with Crippen molar-refractivity contribution < 1.29 is 71.9 Å². The van der Waals surface area contributed by atoms with Gasteiger partial charge in [-0.2, -0.15) is 0 Å². The first-order chi connectivity index (χ1) is 6.95. The van der Waals surface area contributed by atoms with E-state index in [0.717, 1.165) is 21.8 Å². The molecule has 0 fully saturated rings. The monoisotopic (exact) mass is 770 g/mol. The molecule has 0 saturated heterocycles. The maximum atomic E-state index is 4.35. The summed E-state index contributed by atoms with van der Waals surface area (Å²) in [6.45, 7) is 0. The van der Waals surface area contributed by atoms with Gasteiger partial charge in [-0.25, -0.2) is 0 Å². The number of rotatable bonds is 0. The predicted molar refractivity (Wildman–Crippen MR) is 62.8 cm³/mol. The van der Waals surface area contributed by atoms with Gasteiger partial charge in [0.25, 0.3) is 0 Å². The van der Waals surface area contributed by atoms with Crippen LogP contribution in [0.4, 0.5) is 0 Å². The second-order valence-electron chi connectivity index (χ2n) is 3.22. The molecule has 2 nitrogen and oxygen atoms in total. The second kappa shape index (κ2) is 9.93. The quantitative estimate of drug-likeness (QED) is 0.129. The molecule has 0 unspecified atom stereocenters. The molecule has 0 aliphatic rings. The van der Waals surface area contributed by atoms with Gasteiger partial charge in [0.05, 0.1) is 11.0 Å². The van der Waals surface area contributed by atoms with Crippen molar-refractivity contribution in [2.45, 2.75) is 0 Å². The number of pyridine rings is 2. The molecule has 0 N–H and O–H groups in total. The third-order valence-electron chi connectivity index (χ3n) is 2.34. The SMILES string of the molecule is [Bi+3].[I-].[I-].[I-].c1cnc2c(c1)ccc1cccnc12. The van der Waals surface area contributed by atoms with E-state index in [9.17, 15) is 0 Å². The molecule has 0 atom stereocenters. The summed E-state index contributed by atoms with van der Waals surface area (Å²) in [5.74, 6) is 0. The first-order valence-electron chi connectivity index (χ1n) is 4.53. The molecular weight excluding hydrogens is 762 g/mol. The van der Waals surface area contributed by atoms with E-state index >= 15 is 0 Å². The van der Waals surface area contributed by atoms with Crippen LogP contribution in [0.3, 0.4) is 0 Å². The second-order valence-corrected chi connectivity index (χ2v) is 3.22. The number of fused-ring (bicyclic) bond motifs is 3. The Balaban J connectivity index is 0. The summed E-state index contributed by atoms with van der Waals surface area (Å²) in [4.78, 5) is 8.69. The summed E-state index contributed by atoms with van der Waals surface area (Å²) >= 11 is 0. The molecule has 0 aliphatic heterocycles. The van der Waals surface area contributed by atoms with Crippen LogP contribution >= 0.6 is 0 Å². The van der Waals surface area contributed by atoms with Gasteiger partial charge in [0, 0.05) is 23.2 Å². The zero-order chi connectivity index (χ0) is 9.38. The van der Waals surface area contributed by atoms with E-state index in [0.29, 0.717) is 0 Å². The third kappa shape index (κ3) is 4.31. The number of halogens is 3. The van der Waals surface area contributed by atoms with E-state index in [4.69, 9.17) is 0 Å². The van der Waals surface area contributed by atoms with E-state index in [1.807, 2.05) is 12.1 Å². The van der Waals surface area contributed by atoms with Crippen molar-refractivity contribution in [1.29, 1.82) is 0 Å². The standard InChI is InChI=1S/C12H8N2.Bi.3HI/c1-3-9-5-6-10-4-2-8-14-12(10)11(9)13-7-1;;;;/h1-8H;;3*1H/q;+3;;;/p-3. The van der Waals surface area contributed by atoms with Crippen LogP contribution in [0.5, 0.6) is 0 Å². The predicted octanol–water partition coefficient (Wildman–Crippen LogP) is -6.59. The average molecular weight is 770 g/mol. The fourth-order valence-electron chi connectivity index (χ4n) is 1.68. The molecule has 3 rings (SSSR count). The van der Waals surface area contributed by atoms with Crippen LogP contribution in [0.2, 0.25) is 0 Å². The third-order valence-corrected chi connectivity index (χ3v) is 2.34. The van der Waals surface area contributed by atoms with Gasteiger partial charge in [-0.3, -0.25) is 9.97 Å².